The number of hydrogen-bond acceptors (Lipinski definition) is 5. The van der Waals surface area contributed by atoms with Gasteiger partial charge in [0.2, 0.25) is 10.0 Å². The summed E-state index contributed by atoms with van der Waals surface area (Å²) in [4.78, 5) is 11.9. The Morgan fingerprint density at radius 3 is 2.68 bits per heavy atom. The van der Waals surface area contributed by atoms with Crippen molar-refractivity contribution in [2.45, 2.75) is 24.8 Å². The lowest BCUT2D eigenvalue weighted by molar-refractivity contribution is -0.126. The van der Waals surface area contributed by atoms with Crippen molar-refractivity contribution >= 4 is 34.0 Å². The van der Waals surface area contributed by atoms with Crippen LogP contribution in [0.4, 0.5) is 5.69 Å². The average molecular weight is 352 g/mol. The minimum atomic E-state index is -3.62. The van der Waals surface area contributed by atoms with Crippen LogP contribution >= 0.6 is 12.4 Å². The maximum Gasteiger partial charge on any atom is 0.253 e. The van der Waals surface area contributed by atoms with Gasteiger partial charge >= 0.3 is 0 Å². The molecule has 22 heavy (non-hydrogen) atoms. The quantitative estimate of drug-likeness (QED) is 0.638. The lowest BCUT2D eigenvalue weighted by Gasteiger charge is -2.13. The number of sulfonamides is 1. The molecule has 0 spiro atoms. The standard InChI is InChI=1S/C13H21N3O4S.ClH/c1-3-20-10(2)13(17)16-11-5-4-6-12(9-11)21(18,19)15-8-7-14;/h4-6,9-10,15H,3,7-8,14H2,1-2H3,(H,16,17);1H. The number of amides is 1. The zero-order valence-electron chi connectivity index (χ0n) is 12.5. The van der Waals surface area contributed by atoms with Crippen LogP contribution in [0.3, 0.4) is 0 Å². The van der Waals surface area contributed by atoms with E-state index in [9.17, 15) is 13.2 Å². The molecule has 1 aromatic carbocycles. The Balaban J connectivity index is 0.00000441. The molecule has 1 aromatic rings. The summed E-state index contributed by atoms with van der Waals surface area (Å²) in [6, 6.07) is 5.99. The molecule has 0 aliphatic rings. The van der Waals surface area contributed by atoms with Crippen LogP contribution in [0.15, 0.2) is 29.2 Å². The van der Waals surface area contributed by atoms with Crippen LogP contribution in [-0.2, 0) is 19.6 Å². The van der Waals surface area contributed by atoms with E-state index in [0.29, 0.717) is 12.3 Å². The van der Waals surface area contributed by atoms with Crippen molar-refractivity contribution in [2.24, 2.45) is 5.73 Å². The molecule has 1 rings (SSSR count). The summed E-state index contributed by atoms with van der Waals surface area (Å²) in [6.07, 6.45) is -0.606. The Kier molecular flexibility index (Phi) is 9.22. The van der Waals surface area contributed by atoms with E-state index < -0.39 is 16.1 Å². The maximum atomic E-state index is 12.0. The highest BCUT2D eigenvalue weighted by atomic mass is 35.5. The molecule has 1 amide bonds. The van der Waals surface area contributed by atoms with E-state index >= 15 is 0 Å². The maximum absolute atomic E-state index is 12.0. The summed E-state index contributed by atoms with van der Waals surface area (Å²) in [5.41, 5.74) is 5.66. The van der Waals surface area contributed by atoms with Gasteiger partial charge in [-0.25, -0.2) is 13.1 Å². The molecule has 7 nitrogen and oxygen atoms in total. The van der Waals surface area contributed by atoms with Gasteiger partial charge in [-0.1, -0.05) is 6.07 Å². The Bertz CT molecular complexity index is 580. The number of carbonyl (C=O) groups is 1. The molecule has 1 atom stereocenters. The van der Waals surface area contributed by atoms with Gasteiger partial charge in [-0.2, -0.15) is 0 Å². The molecule has 0 radical (unpaired) electrons. The van der Waals surface area contributed by atoms with Crippen molar-refractivity contribution in [3.05, 3.63) is 24.3 Å². The van der Waals surface area contributed by atoms with Gasteiger partial charge in [0, 0.05) is 25.4 Å². The zero-order valence-corrected chi connectivity index (χ0v) is 14.2. The Hall–Kier alpha value is -1.19. The summed E-state index contributed by atoms with van der Waals surface area (Å²) >= 11 is 0. The fourth-order valence-electron chi connectivity index (χ4n) is 1.59. The SMILES string of the molecule is CCOC(C)C(=O)Nc1cccc(S(=O)(=O)NCCN)c1.Cl. The number of rotatable bonds is 8. The molecule has 0 aliphatic carbocycles. The molecule has 4 N–H and O–H groups in total. The predicted octanol–water partition coefficient (Wildman–Crippen LogP) is 0.709. The van der Waals surface area contributed by atoms with Gasteiger partial charge in [0.1, 0.15) is 6.10 Å². The first kappa shape index (κ1) is 20.8. The lowest BCUT2D eigenvalue weighted by atomic mass is 10.3. The van der Waals surface area contributed by atoms with Crippen molar-refractivity contribution in [2.75, 3.05) is 25.0 Å². The Morgan fingerprint density at radius 2 is 2.09 bits per heavy atom. The minimum Gasteiger partial charge on any atom is -0.369 e. The van der Waals surface area contributed by atoms with Crippen molar-refractivity contribution in [1.29, 1.82) is 0 Å². The molecule has 0 bridgehead atoms. The van der Waals surface area contributed by atoms with E-state index in [-0.39, 0.29) is 36.3 Å². The third-order valence-corrected chi connectivity index (χ3v) is 4.09. The van der Waals surface area contributed by atoms with Crippen LogP contribution in [0.1, 0.15) is 13.8 Å². The minimum absolute atomic E-state index is 0. The second-order valence-corrected chi connectivity index (χ2v) is 6.07. The summed E-state index contributed by atoms with van der Waals surface area (Å²) in [5, 5.41) is 2.61. The monoisotopic (exact) mass is 351 g/mol. The van der Waals surface area contributed by atoms with E-state index in [1.807, 2.05) is 0 Å². The molecule has 0 saturated carbocycles. The summed E-state index contributed by atoms with van der Waals surface area (Å²) in [6.45, 7) is 4.20. The number of carbonyl (C=O) groups excluding carboxylic acids is 1. The van der Waals surface area contributed by atoms with Crippen LogP contribution in [0.5, 0.6) is 0 Å². The van der Waals surface area contributed by atoms with Crippen molar-refractivity contribution < 1.29 is 17.9 Å². The molecule has 1 unspecified atom stereocenters. The van der Waals surface area contributed by atoms with Gasteiger partial charge in [0.25, 0.3) is 5.91 Å². The van der Waals surface area contributed by atoms with Crippen LogP contribution in [-0.4, -0.2) is 40.1 Å². The van der Waals surface area contributed by atoms with Crippen LogP contribution in [0, 0.1) is 0 Å². The van der Waals surface area contributed by atoms with Crippen LogP contribution in [0.25, 0.3) is 0 Å². The number of nitrogens with two attached hydrogens (primary N) is 1. The zero-order chi connectivity index (χ0) is 15.9. The van der Waals surface area contributed by atoms with Gasteiger partial charge in [-0.3, -0.25) is 4.79 Å². The molecule has 0 aliphatic heterocycles. The Morgan fingerprint density at radius 1 is 1.41 bits per heavy atom. The van der Waals surface area contributed by atoms with E-state index in [1.165, 1.54) is 12.1 Å². The second-order valence-electron chi connectivity index (χ2n) is 4.30. The first-order valence-corrected chi connectivity index (χ1v) is 8.11. The Labute approximate surface area is 137 Å². The number of anilines is 1. The van der Waals surface area contributed by atoms with Crippen molar-refractivity contribution in [1.82, 2.24) is 4.72 Å². The topological polar surface area (TPSA) is 111 Å². The van der Waals surface area contributed by atoms with E-state index in [4.69, 9.17) is 10.5 Å². The smallest absolute Gasteiger partial charge is 0.253 e. The fourth-order valence-corrected chi connectivity index (χ4v) is 2.68. The second kappa shape index (κ2) is 9.75. The van der Waals surface area contributed by atoms with E-state index in [2.05, 4.69) is 10.0 Å². The summed E-state index contributed by atoms with van der Waals surface area (Å²) in [7, 11) is -3.62. The number of ether oxygens (including phenoxy) is 1. The van der Waals surface area contributed by atoms with Gasteiger partial charge in [-0.15, -0.1) is 12.4 Å². The normalized spacial score (nSPS) is 12.3. The lowest BCUT2D eigenvalue weighted by Crippen LogP contribution is -2.29. The number of benzene rings is 1. The van der Waals surface area contributed by atoms with Crippen LogP contribution < -0.4 is 15.8 Å². The largest absolute Gasteiger partial charge is 0.369 e. The van der Waals surface area contributed by atoms with E-state index in [1.54, 1.807) is 26.0 Å². The number of hydrogen-bond donors (Lipinski definition) is 3. The van der Waals surface area contributed by atoms with Gasteiger partial charge in [0.05, 0.1) is 4.90 Å². The third-order valence-electron chi connectivity index (χ3n) is 2.63. The molecule has 0 fully saturated rings. The highest BCUT2D eigenvalue weighted by molar-refractivity contribution is 7.89. The third kappa shape index (κ3) is 6.29. The highest BCUT2D eigenvalue weighted by Gasteiger charge is 2.16. The number of nitrogens with one attached hydrogen (secondary N) is 2. The summed E-state index contributed by atoms with van der Waals surface area (Å²) in [5.74, 6) is -0.332. The first-order chi connectivity index (χ1) is 9.90. The highest BCUT2D eigenvalue weighted by Crippen LogP contribution is 2.15. The molecule has 126 valence electrons. The molecule has 9 heteroatoms. The predicted molar refractivity (Wildman–Crippen MR) is 87.7 cm³/mol. The van der Waals surface area contributed by atoms with Crippen LogP contribution in [0.2, 0.25) is 0 Å². The van der Waals surface area contributed by atoms with Gasteiger partial charge in [0.15, 0.2) is 0 Å². The van der Waals surface area contributed by atoms with Gasteiger partial charge < -0.3 is 15.8 Å². The van der Waals surface area contributed by atoms with E-state index in [0.717, 1.165) is 0 Å². The molecular formula is C13H22ClN3O4S. The molecule has 0 aromatic heterocycles. The molecule has 0 heterocycles. The first-order valence-electron chi connectivity index (χ1n) is 6.63. The molecule has 0 saturated heterocycles. The summed E-state index contributed by atoms with van der Waals surface area (Å²) < 4.78 is 31.5. The van der Waals surface area contributed by atoms with Crippen molar-refractivity contribution in [3.63, 3.8) is 0 Å². The van der Waals surface area contributed by atoms with Gasteiger partial charge in [-0.05, 0) is 32.0 Å². The fraction of sp³-hybridized carbons (Fsp3) is 0.462. The molecular weight excluding hydrogens is 330 g/mol. The number of halogens is 1. The average Bonchev–Trinajstić information content (AvgIpc) is 2.45. The van der Waals surface area contributed by atoms with Crippen molar-refractivity contribution in [3.8, 4) is 0 Å².